The number of benzene rings is 4. The lowest BCUT2D eigenvalue weighted by Gasteiger charge is -2.08. The molecule has 0 aliphatic carbocycles. The van der Waals surface area contributed by atoms with E-state index in [0.717, 1.165) is 26.4 Å². The van der Waals surface area contributed by atoms with Crippen molar-refractivity contribution in [3.8, 4) is 11.5 Å². The highest BCUT2D eigenvalue weighted by atomic mass is 35.5. The van der Waals surface area contributed by atoms with Crippen LogP contribution in [-0.4, -0.2) is 16.0 Å². The monoisotopic (exact) mass is 547 g/mol. The van der Waals surface area contributed by atoms with E-state index in [0.29, 0.717) is 37.6 Å². The Morgan fingerprint density at radius 1 is 0.944 bits per heavy atom. The molecule has 1 amide bonds. The Morgan fingerprint density at radius 3 is 2.64 bits per heavy atom. The molecule has 0 bridgehead atoms. The van der Waals surface area contributed by atoms with Crippen molar-refractivity contribution in [2.24, 2.45) is 0 Å². The second-order valence-corrected chi connectivity index (χ2v) is 10.3. The van der Waals surface area contributed by atoms with Gasteiger partial charge in [0.2, 0.25) is 5.89 Å². The summed E-state index contributed by atoms with van der Waals surface area (Å²) < 4.78 is 6.80. The lowest BCUT2D eigenvalue weighted by atomic mass is 10.1. The van der Waals surface area contributed by atoms with Gasteiger partial charge in [0.15, 0.2) is 10.7 Å². The zero-order valence-corrected chi connectivity index (χ0v) is 21.5. The quantitative estimate of drug-likeness (QED) is 0.218. The third-order valence-electron chi connectivity index (χ3n) is 5.67. The van der Waals surface area contributed by atoms with Gasteiger partial charge in [0.05, 0.1) is 5.02 Å². The van der Waals surface area contributed by atoms with Crippen molar-refractivity contribution in [2.75, 3.05) is 5.32 Å². The smallest absolute Gasteiger partial charge is 0.269 e. The fourth-order valence-corrected chi connectivity index (χ4v) is 5.86. The third-order valence-corrected chi connectivity index (χ3v) is 7.76. The highest BCUT2D eigenvalue weighted by Gasteiger charge is 2.18. The largest absolute Gasteiger partial charge is 0.436 e. The summed E-state index contributed by atoms with van der Waals surface area (Å²) in [5.41, 5.74) is 2.88. The van der Waals surface area contributed by atoms with Crippen LogP contribution in [0.2, 0.25) is 10.0 Å². The van der Waals surface area contributed by atoms with E-state index in [-0.39, 0.29) is 5.11 Å². The van der Waals surface area contributed by atoms with E-state index in [1.165, 1.54) is 11.3 Å². The number of oxazole rings is 1. The molecule has 2 heterocycles. The van der Waals surface area contributed by atoms with Crippen molar-refractivity contribution in [1.82, 2.24) is 10.3 Å². The summed E-state index contributed by atoms with van der Waals surface area (Å²) in [4.78, 5) is 17.8. The van der Waals surface area contributed by atoms with Crippen molar-refractivity contribution >= 4 is 95.4 Å². The summed E-state index contributed by atoms with van der Waals surface area (Å²) in [7, 11) is 0. The lowest BCUT2D eigenvalue weighted by molar-refractivity contribution is 0.0982. The van der Waals surface area contributed by atoms with Gasteiger partial charge in [-0.15, -0.1) is 11.3 Å². The molecule has 6 aromatic rings. The molecule has 0 saturated carbocycles. The van der Waals surface area contributed by atoms with Crippen LogP contribution >= 0.6 is 46.8 Å². The van der Waals surface area contributed by atoms with Crippen molar-refractivity contribution in [1.29, 1.82) is 0 Å². The molecule has 0 fully saturated rings. The SMILES string of the molecule is O=C(NC(=S)Nc1ccc2oc(-c3ccc4ccccc4c3)nc2c1)c1sc2cc(Cl)ccc2c1Cl. The number of thiophene rings is 1. The van der Waals surface area contributed by atoms with Gasteiger partial charge in [-0.1, -0.05) is 59.6 Å². The number of nitrogens with one attached hydrogen (secondary N) is 2. The second-order valence-electron chi connectivity index (χ2n) is 8.06. The molecule has 0 atom stereocenters. The van der Waals surface area contributed by atoms with Crippen LogP contribution in [0.4, 0.5) is 5.69 Å². The molecule has 36 heavy (non-hydrogen) atoms. The van der Waals surface area contributed by atoms with Gasteiger partial charge in [-0.05, 0) is 65.5 Å². The third kappa shape index (κ3) is 4.31. The summed E-state index contributed by atoms with van der Waals surface area (Å²) >= 11 is 19.1. The van der Waals surface area contributed by atoms with Gasteiger partial charge >= 0.3 is 0 Å². The predicted molar refractivity (Wildman–Crippen MR) is 152 cm³/mol. The maximum Gasteiger partial charge on any atom is 0.269 e. The van der Waals surface area contributed by atoms with Crippen LogP contribution in [-0.2, 0) is 0 Å². The minimum absolute atomic E-state index is 0.143. The van der Waals surface area contributed by atoms with E-state index < -0.39 is 5.91 Å². The van der Waals surface area contributed by atoms with E-state index in [1.54, 1.807) is 18.2 Å². The first kappa shape index (κ1) is 22.9. The van der Waals surface area contributed by atoms with Gasteiger partial charge in [0.1, 0.15) is 10.4 Å². The minimum Gasteiger partial charge on any atom is -0.436 e. The zero-order valence-electron chi connectivity index (χ0n) is 18.3. The van der Waals surface area contributed by atoms with Gasteiger partial charge in [-0.3, -0.25) is 10.1 Å². The zero-order chi connectivity index (χ0) is 24.8. The maximum absolute atomic E-state index is 12.8. The molecule has 2 N–H and O–H groups in total. The second kappa shape index (κ2) is 9.19. The Morgan fingerprint density at radius 2 is 1.78 bits per heavy atom. The Hall–Kier alpha value is -3.49. The van der Waals surface area contributed by atoms with Gasteiger partial charge < -0.3 is 9.73 Å². The van der Waals surface area contributed by atoms with Crippen LogP contribution in [0.5, 0.6) is 0 Å². The van der Waals surface area contributed by atoms with Gasteiger partial charge in [-0.2, -0.15) is 0 Å². The molecule has 0 radical (unpaired) electrons. The molecular weight excluding hydrogens is 533 g/mol. The number of amides is 1. The van der Waals surface area contributed by atoms with E-state index in [1.807, 2.05) is 42.5 Å². The number of carbonyl (C=O) groups excluding carboxylic acids is 1. The number of hydrogen-bond donors (Lipinski definition) is 2. The number of hydrogen-bond acceptors (Lipinski definition) is 5. The number of nitrogens with zero attached hydrogens (tertiary/aromatic N) is 1. The van der Waals surface area contributed by atoms with Gasteiger partial charge in [0.25, 0.3) is 5.91 Å². The number of fused-ring (bicyclic) bond motifs is 3. The molecular formula is C27H15Cl2N3O2S2. The molecule has 0 spiro atoms. The first-order chi connectivity index (χ1) is 17.4. The fraction of sp³-hybridized carbons (Fsp3) is 0. The molecule has 0 saturated heterocycles. The highest BCUT2D eigenvalue weighted by molar-refractivity contribution is 7.80. The van der Waals surface area contributed by atoms with Crippen LogP contribution in [0.15, 0.2) is 83.3 Å². The van der Waals surface area contributed by atoms with E-state index >= 15 is 0 Å². The highest BCUT2D eigenvalue weighted by Crippen LogP contribution is 2.36. The average molecular weight is 548 g/mol. The molecule has 9 heteroatoms. The number of anilines is 1. The van der Waals surface area contributed by atoms with Crippen LogP contribution in [0.25, 0.3) is 43.4 Å². The molecule has 2 aromatic heterocycles. The summed E-state index contributed by atoms with van der Waals surface area (Å²) in [6.07, 6.45) is 0. The summed E-state index contributed by atoms with van der Waals surface area (Å²) in [6.45, 7) is 0. The minimum atomic E-state index is -0.393. The van der Waals surface area contributed by atoms with E-state index in [2.05, 4.69) is 33.8 Å². The first-order valence-electron chi connectivity index (χ1n) is 10.8. The molecule has 4 aromatic carbocycles. The maximum atomic E-state index is 12.8. The van der Waals surface area contributed by atoms with Crippen molar-refractivity contribution < 1.29 is 9.21 Å². The summed E-state index contributed by atoms with van der Waals surface area (Å²) in [6, 6.07) is 25.0. The molecule has 176 valence electrons. The number of halogens is 2. The molecule has 0 unspecified atom stereocenters. The van der Waals surface area contributed by atoms with Crippen LogP contribution in [0.3, 0.4) is 0 Å². The molecule has 0 aliphatic heterocycles. The number of rotatable bonds is 3. The predicted octanol–water partition coefficient (Wildman–Crippen LogP) is 8.30. The molecule has 5 nitrogen and oxygen atoms in total. The number of aromatic nitrogens is 1. The summed E-state index contributed by atoms with van der Waals surface area (Å²) in [5, 5.41) is 9.85. The first-order valence-corrected chi connectivity index (χ1v) is 12.8. The van der Waals surface area contributed by atoms with Gasteiger partial charge in [-0.25, -0.2) is 4.98 Å². The van der Waals surface area contributed by atoms with Gasteiger partial charge in [0, 0.05) is 26.4 Å². The van der Waals surface area contributed by atoms with Crippen LogP contribution in [0, 0.1) is 0 Å². The van der Waals surface area contributed by atoms with E-state index in [4.69, 9.17) is 39.8 Å². The molecule has 0 aliphatic rings. The van der Waals surface area contributed by atoms with Crippen molar-refractivity contribution in [3.63, 3.8) is 0 Å². The van der Waals surface area contributed by atoms with Crippen LogP contribution in [0.1, 0.15) is 9.67 Å². The van der Waals surface area contributed by atoms with Crippen LogP contribution < -0.4 is 10.6 Å². The molecule has 6 rings (SSSR count). The topological polar surface area (TPSA) is 67.2 Å². The Kier molecular flexibility index (Phi) is 5.85. The number of thiocarbonyl (C=S) groups is 1. The Labute approximate surface area is 224 Å². The summed E-state index contributed by atoms with van der Waals surface area (Å²) in [5.74, 6) is 0.138. The lowest BCUT2D eigenvalue weighted by Crippen LogP contribution is -2.33. The Balaban J connectivity index is 1.20. The van der Waals surface area contributed by atoms with Crippen molar-refractivity contribution in [3.05, 3.63) is 93.8 Å². The Bertz CT molecular complexity index is 1830. The van der Waals surface area contributed by atoms with E-state index in [9.17, 15) is 4.79 Å². The fourth-order valence-electron chi connectivity index (χ4n) is 3.96. The standard InChI is InChI=1S/C27H15Cl2N3O2S2/c28-17-7-9-19-22(12-17)36-24(23(19)29)25(33)32-27(35)30-18-8-10-21-20(13-18)31-26(34-21)16-6-5-14-3-1-2-4-15(14)11-16/h1-13H,(H2,30,32,33,35). The van der Waals surface area contributed by atoms with Crippen molar-refractivity contribution in [2.45, 2.75) is 0 Å². The normalized spacial score (nSPS) is 11.3. The average Bonchev–Trinajstić information content (AvgIpc) is 3.44. The number of carbonyl (C=O) groups is 1.